The van der Waals surface area contributed by atoms with Crippen molar-refractivity contribution in [2.24, 2.45) is 5.92 Å². The van der Waals surface area contributed by atoms with Crippen LogP contribution in [-0.2, 0) is 6.54 Å². The van der Waals surface area contributed by atoms with Crippen LogP contribution >= 0.6 is 15.9 Å². The summed E-state index contributed by atoms with van der Waals surface area (Å²) in [7, 11) is -1.47. The third kappa shape index (κ3) is 2.83. The number of hydrogen-bond acceptors (Lipinski definition) is 3. The molecule has 1 rings (SSSR count). The van der Waals surface area contributed by atoms with Gasteiger partial charge in [0, 0.05) is 6.54 Å². The van der Waals surface area contributed by atoms with Gasteiger partial charge in [0.25, 0.3) is 0 Å². The van der Waals surface area contributed by atoms with Gasteiger partial charge in [-0.1, -0.05) is 13.8 Å². The summed E-state index contributed by atoms with van der Waals surface area (Å²) in [5.41, 5.74) is 0.422. The summed E-state index contributed by atoms with van der Waals surface area (Å²) in [4.78, 5) is 0. The SMILES string of the molecule is CC(C)CCn1ncc(Br)c1B(O)O. The van der Waals surface area contributed by atoms with E-state index in [-0.39, 0.29) is 0 Å². The number of hydrogen-bond donors (Lipinski definition) is 2. The van der Waals surface area contributed by atoms with Crippen molar-refractivity contribution >= 4 is 28.6 Å². The number of aromatic nitrogens is 2. The van der Waals surface area contributed by atoms with Gasteiger partial charge in [-0.15, -0.1) is 0 Å². The second-order valence-corrected chi connectivity index (χ2v) is 4.51. The van der Waals surface area contributed by atoms with E-state index in [0.717, 1.165) is 6.42 Å². The monoisotopic (exact) mass is 260 g/mol. The molecule has 1 aromatic rings. The second kappa shape index (κ2) is 4.95. The number of nitrogens with zero attached hydrogens (tertiary/aromatic N) is 2. The van der Waals surface area contributed by atoms with Crippen molar-refractivity contribution in [1.29, 1.82) is 0 Å². The lowest BCUT2D eigenvalue weighted by atomic mass is 9.86. The predicted octanol–water partition coefficient (Wildman–Crippen LogP) is 0.371. The summed E-state index contributed by atoms with van der Waals surface area (Å²) < 4.78 is 2.26. The van der Waals surface area contributed by atoms with Gasteiger partial charge < -0.3 is 10.0 Å². The van der Waals surface area contributed by atoms with Crippen molar-refractivity contribution in [3.8, 4) is 0 Å². The van der Waals surface area contributed by atoms with Crippen LogP contribution in [-0.4, -0.2) is 26.9 Å². The highest BCUT2D eigenvalue weighted by molar-refractivity contribution is 9.10. The van der Waals surface area contributed by atoms with Gasteiger partial charge in [0.15, 0.2) is 0 Å². The molecule has 0 unspecified atom stereocenters. The van der Waals surface area contributed by atoms with Gasteiger partial charge in [-0.2, -0.15) is 5.10 Å². The third-order valence-electron chi connectivity index (χ3n) is 2.00. The standard InChI is InChI=1S/C8H14BBrN2O2/c1-6(2)3-4-12-8(9(13)14)7(10)5-11-12/h5-6,13-14H,3-4H2,1-2H3. The molecule has 0 radical (unpaired) electrons. The predicted molar refractivity (Wildman–Crippen MR) is 59.2 cm³/mol. The van der Waals surface area contributed by atoms with Gasteiger partial charge in [-0.05, 0) is 28.3 Å². The maximum atomic E-state index is 9.10. The lowest BCUT2D eigenvalue weighted by Gasteiger charge is -2.08. The summed E-state index contributed by atoms with van der Waals surface area (Å²) in [6, 6.07) is 0. The molecule has 14 heavy (non-hydrogen) atoms. The quantitative estimate of drug-likeness (QED) is 0.770. The molecule has 0 aliphatic rings. The summed E-state index contributed by atoms with van der Waals surface area (Å²) in [5.74, 6) is 0.571. The van der Waals surface area contributed by atoms with Crippen LogP contribution in [0.3, 0.4) is 0 Å². The first-order valence-corrected chi connectivity index (χ1v) is 5.39. The molecule has 1 aromatic heterocycles. The molecule has 0 saturated heterocycles. The Morgan fingerprint density at radius 1 is 1.57 bits per heavy atom. The molecule has 4 nitrogen and oxygen atoms in total. The maximum Gasteiger partial charge on any atom is 0.508 e. The smallest absolute Gasteiger partial charge is 0.422 e. The van der Waals surface area contributed by atoms with E-state index in [2.05, 4.69) is 34.9 Å². The first-order valence-electron chi connectivity index (χ1n) is 4.59. The molecular formula is C8H14BBrN2O2. The van der Waals surface area contributed by atoms with Crippen LogP contribution in [0.15, 0.2) is 10.7 Å². The lowest BCUT2D eigenvalue weighted by Crippen LogP contribution is -2.37. The molecule has 0 fully saturated rings. The maximum absolute atomic E-state index is 9.10. The summed E-state index contributed by atoms with van der Waals surface area (Å²) in [5, 5.41) is 22.3. The van der Waals surface area contributed by atoms with Crippen LogP contribution in [0.4, 0.5) is 0 Å². The average Bonchev–Trinajstić information content (AvgIpc) is 2.43. The molecule has 78 valence electrons. The van der Waals surface area contributed by atoms with Crippen LogP contribution in [0, 0.1) is 5.92 Å². The Balaban J connectivity index is 2.76. The van der Waals surface area contributed by atoms with E-state index in [4.69, 9.17) is 10.0 Å². The number of halogens is 1. The van der Waals surface area contributed by atoms with Crippen molar-refractivity contribution < 1.29 is 10.0 Å². The normalized spacial score (nSPS) is 11.0. The fourth-order valence-electron chi connectivity index (χ4n) is 1.19. The Kier molecular flexibility index (Phi) is 4.16. The van der Waals surface area contributed by atoms with Gasteiger partial charge in [0.05, 0.1) is 16.3 Å². The van der Waals surface area contributed by atoms with Crippen LogP contribution in [0.1, 0.15) is 20.3 Å². The van der Waals surface area contributed by atoms with E-state index in [1.807, 2.05) is 0 Å². The highest BCUT2D eigenvalue weighted by Crippen LogP contribution is 2.07. The highest BCUT2D eigenvalue weighted by Gasteiger charge is 2.21. The van der Waals surface area contributed by atoms with Crippen molar-refractivity contribution in [2.45, 2.75) is 26.8 Å². The van der Waals surface area contributed by atoms with Crippen molar-refractivity contribution in [3.05, 3.63) is 10.7 Å². The fourth-order valence-corrected chi connectivity index (χ4v) is 1.69. The zero-order chi connectivity index (χ0) is 10.7. The topological polar surface area (TPSA) is 58.3 Å². The lowest BCUT2D eigenvalue weighted by molar-refractivity contribution is 0.415. The van der Waals surface area contributed by atoms with Gasteiger partial charge in [0.1, 0.15) is 0 Å². The Labute approximate surface area is 92.2 Å². The molecule has 0 aromatic carbocycles. The van der Waals surface area contributed by atoms with Gasteiger partial charge in [-0.25, -0.2) is 0 Å². The van der Waals surface area contributed by atoms with Crippen LogP contribution in [0.2, 0.25) is 0 Å². The first-order chi connectivity index (χ1) is 6.52. The van der Waals surface area contributed by atoms with Crippen LogP contribution in [0.5, 0.6) is 0 Å². The Morgan fingerprint density at radius 2 is 2.21 bits per heavy atom. The average molecular weight is 261 g/mol. The number of rotatable bonds is 4. The zero-order valence-corrected chi connectivity index (χ0v) is 9.90. The Bertz CT molecular complexity index is 302. The molecule has 0 amide bonds. The molecule has 0 saturated carbocycles. The highest BCUT2D eigenvalue weighted by atomic mass is 79.9. The minimum Gasteiger partial charge on any atom is -0.422 e. The van der Waals surface area contributed by atoms with Gasteiger partial charge in [-0.3, -0.25) is 4.68 Å². The minimum absolute atomic E-state index is 0.422. The van der Waals surface area contributed by atoms with E-state index >= 15 is 0 Å². The van der Waals surface area contributed by atoms with E-state index in [1.165, 1.54) is 0 Å². The zero-order valence-electron chi connectivity index (χ0n) is 8.31. The van der Waals surface area contributed by atoms with E-state index in [9.17, 15) is 0 Å². The molecule has 6 heteroatoms. The van der Waals surface area contributed by atoms with E-state index in [0.29, 0.717) is 22.5 Å². The van der Waals surface area contributed by atoms with E-state index in [1.54, 1.807) is 10.9 Å². The van der Waals surface area contributed by atoms with Crippen molar-refractivity contribution in [3.63, 3.8) is 0 Å². The number of aryl methyl sites for hydroxylation is 1. The first kappa shape index (κ1) is 11.7. The summed E-state index contributed by atoms with van der Waals surface area (Å²) in [6.45, 7) is 4.94. The summed E-state index contributed by atoms with van der Waals surface area (Å²) >= 11 is 3.22. The van der Waals surface area contributed by atoms with Gasteiger partial charge >= 0.3 is 7.12 Å². The Hall–Kier alpha value is -0.325. The van der Waals surface area contributed by atoms with Crippen LogP contribution in [0.25, 0.3) is 0 Å². The molecule has 0 spiro atoms. The molecule has 0 atom stereocenters. The summed E-state index contributed by atoms with van der Waals surface area (Å²) in [6.07, 6.45) is 2.54. The largest absolute Gasteiger partial charge is 0.508 e. The van der Waals surface area contributed by atoms with E-state index < -0.39 is 7.12 Å². The third-order valence-corrected chi connectivity index (χ3v) is 2.61. The molecule has 0 bridgehead atoms. The molecule has 1 heterocycles. The minimum atomic E-state index is -1.47. The molecule has 0 aliphatic carbocycles. The fraction of sp³-hybridized carbons (Fsp3) is 0.625. The van der Waals surface area contributed by atoms with Crippen molar-refractivity contribution in [2.75, 3.05) is 0 Å². The van der Waals surface area contributed by atoms with Crippen molar-refractivity contribution in [1.82, 2.24) is 9.78 Å². The Morgan fingerprint density at radius 3 is 2.71 bits per heavy atom. The molecular weight excluding hydrogens is 247 g/mol. The van der Waals surface area contributed by atoms with Crippen LogP contribution < -0.4 is 5.59 Å². The van der Waals surface area contributed by atoms with Gasteiger partial charge in [0.2, 0.25) is 0 Å². The second-order valence-electron chi connectivity index (χ2n) is 3.66. The molecule has 0 aliphatic heterocycles. The molecule has 2 N–H and O–H groups in total.